The van der Waals surface area contributed by atoms with Gasteiger partial charge < -0.3 is 15.4 Å². The average Bonchev–Trinajstić information content (AvgIpc) is 2.68. The third-order valence-electron chi connectivity index (χ3n) is 4.93. The maximum atomic E-state index is 5.40. The number of hydrogen-bond donors (Lipinski definition) is 2. The van der Waals surface area contributed by atoms with E-state index < -0.39 is 0 Å². The molecule has 1 fully saturated rings. The van der Waals surface area contributed by atoms with E-state index in [2.05, 4.69) is 57.5 Å². The van der Waals surface area contributed by atoms with E-state index in [9.17, 15) is 0 Å². The van der Waals surface area contributed by atoms with Gasteiger partial charge in [-0.2, -0.15) is 0 Å². The Balaban J connectivity index is 1.68. The summed E-state index contributed by atoms with van der Waals surface area (Å²) in [5.74, 6) is 2.47. The molecule has 27 heavy (non-hydrogen) atoms. The summed E-state index contributed by atoms with van der Waals surface area (Å²) < 4.78 is 5.40. The Morgan fingerprint density at radius 2 is 1.70 bits per heavy atom. The van der Waals surface area contributed by atoms with Gasteiger partial charge in [0.05, 0.1) is 13.2 Å². The number of morpholine rings is 1. The van der Waals surface area contributed by atoms with Gasteiger partial charge in [-0.15, -0.1) is 0 Å². The van der Waals surface area contributed by atoms with Gasteiger partial charge in [0.1, 0.15) is 17.5 Å². The summed E-state index contributed by atoms with van der Waals surface area (Å²) in [6, 6.07) is 8.49. The van der Waals surface area contributed by atoms with Gasteiger partial charge in [-0.25, -0.2) is 9.97 Å². The van der Waals surface area contributed by atoms with Gasteiger partial charge in [-0.05, 0) is 30.9 Å². The monoisotopic (exact) mass is 369 g/mol. The number of para-hydroxylation sites is 1. The predicted molar refractivity (Wildman–Crippen MR) is 111 cm³/mol. The van der Waals surface area contributed by atoms with Crippen molar-refractivity contribution >= 4 is 17.3 Å². The SMILES string of the molecule is CCc1cccc(CC)c1Nc1cc(NCCN2CCOCC2)nc(C)n1. The highest BCUT2D eigenvalue weighted by Crippen LogP contribution is 2.26. The van der Waals surface area contributed by atoms with Crippen LogP contribution in [0, 0.1) is 6.92 Å². The predicted octanol–water partition coefficient (Wildman–Crippen LogP) is 3.40. The molecule has 0 radical (unpaired) electrons. The summed E-state index contributed by atoms with van der Waals surface area (Å²) in [6.07, 6.45) is 1.98. The minimum absolute atomic E-state index is 0.765. The summed E-state index contributed by atoms with van der Waals surface area (Å²) in [5, 5.41) is 6.99. The van der Waals surface area contributed by atoms with Crippen LogP contribution in [0.15, 0.2) is 24.3 Å². The molecular weight excluding hydrogens is 338 g/mol. The van der Waals surface area contributed by atoms with Crippen molar-refractivity contribution in [2.24, 2.45) is 0 Å². The quantitative estimate of drug-likeness (QED) is 0.744. The second-order valence-corrected chi connectivity index (χ2v) is 6.85. The molecule has 6 heteroatoms. The first kappa shape index (κ1) is 19.6. The highest BCUT2D eigenvalue weighted by atomic mass is 16.5. The van der Waals surface area contributed by atoms with Crippen molar-refractivity contribution in [3.63, 3.8) is 0 Å². The Labute approximate surface area is 162 Å². The van der Waals surface area contributed by atoms with Gasteiger partial charge in [0, 0.05) is 37.9 Å². The van der Waals surface area contributed by atoms with Crippen LogP contribution in [0.3, 0.4) is 0 Å². The standard InChI is InChI=1S/C21H31N5O/c1-4-17-7-6-8-18(5-2)21(17)25-20-15-19(23-16(3)24-20)22-9-10-26-11-13-27-14-12-26/h6-8,15H,4-5,9-14H2,1-3H3,(H2,22,23,24,25). The lowest BCUT2D eigenvalue weighted by Crippen LogP contribution is -2.39. The van der Waals surface area contributed by atoms with Crippen LogP contribution in [-0.4, -0.2) is 54.3 Å². The van der Waals surface area contributed by atoms with Gasteiger partial charge in [-0.1, -0.05) is 32.0 Å². The first-order valence-electron chi connectivity index (χ1n) is 9.97. The molecule has 1 aliphatic rings. The van der Waals surface area contributed by atoms with Crippen LogP contribution in [-0.2, 0) is 17.6 Å². The molecule has 6 nitrogen and oxygen atoms in total. The van der Waals surface area contributed by atoms with Gasteiger partial charge in [0.2, 0.25) is 0 Å². The van der Waals surface area contributed by atoms with E-state index in [0.29, 0.717) is 0 Å². The minimum atomic E-state index is 0.765. The van der Waals surface area contributed by atoms with Crippen molar-refractivity contribution in [1.82, 2.24) is 14.9 Å². The van der Waals surface area contributed by atoms with Crippen molar-refractivity contribution in [2.75, 3.05) is 50.0 Å². The third kappa shape index (κ3) is 5.40. The molecule has 146 valence electrons. The Morgan fingerprint density at radius 1 is 1.04 bits per heavy atom. The first-order valence-corrected chi connectivity index (χ1v) is 9.97. The summed E-state index contributed by atoms with van der Waals surface area (Å²) >= 11 is 0. The van der Waals surface area contributed by atoms with E-state index >= 15 is 0 Å². The number of nitrogens with one attached hydrogen (secondary N) is 2. The number of anilines is 3. The molecule has 1 saturated heterocycles. The summed E-state index contributed by atoms with van der Waals surface area (Å²) in [5.41, 5.74) is 3.81. The Hall–Kier alpha value is -2.18. The number of aryl methyl sites for hydroxylation is 3. The van der Waals surface area contributed by atoms with Gasteiger partial charge in [-0.3, -0.25) is 4.90 Å². The molecule has 1 aromatic carbocycles. The van der Waals surface area contributed by atoms with Crippen LogP contribution >= 0.6 is 0 Å². The molecule has 2 N–H and O–H groups in total. The molecule has 2 aromatic rings. The maximum Gasteiger partial charge on any atom is 0.136 e. The summed E-state index contributed by atoms with van der Waals surface area (Å²) in [4.78, 5) is 11.5. The van der Waals surface area contributed by atoms with E-state index in [0.717, 1.165) is 69.7 Å². The lowest BCUT2D eigenvalue weighted by atomic mass is 10.0. The number of ether oxygens (including phenoxy) is 1. The van der Waals surface area contributed by atoms with E-state index in [-0.39, 0.29) is 0 Å². The molecule has 1 aliphatic heterocycles. The molecule has 3 rings (SSSR count). The van der Waals surface area contributed by atoms with E-state index in [1.54, 1.807) is 0 Å². The van der Waals surface area contributed by atoms with Gasteiger partial charge in [0.15, 0.2) is 0 Å². The molecule has 2 heterocycles. The number of aromatic nitrogens is 2. The topological polar surface area (TPSA) is 62.3 Å². The number of hydrogen-bond acceptors (Lipinski definition) is 6. The van der Waals surface area contributed by atoms with Gasteiger partial charge in [0.25, 0.3) is 0 Å². The second-order valence-electron chi connectivity index (χ2n) is 6.85. The van der Waals surface area contributed by atoms with E-state index in [1.807, 2.05) is 13.0 Å². The highest BCUT2D eigenvalue weighted by Gasteiger charge is 2.11. The van der Waals surface area contributed by atoms with Crippen molar-refractivity contribution in [2.45, 2.75) is 33.6 Å². The number of rotatable bonds is 8. The zero-order valence-electron chi connectivity index (χ0n) is 16.7. The molecule has 0 spiro atoms. The zero-order valence-corrected chi connectivity index (χ0v) is 16.7. The van der Waals surface area contributed by atoms with Crippen LogP contribution in [0.25, 0.3) is 0 Å². The van der Waals surface area contributed by atoms with Crippen molar-refractivity contribution in [3.05, 3.63) is 41.2 Å². The molecule has 0 amide bonds. The maximum absolute atomic E-state index is 5.40. The Kier molecular flexibility index (Phi) is 7.01. The third-order valence-corrected chi connectivity index (χ3v) is 4.93. The van der Waals surface area contributed by atoms with Crippen molar-refractivity contribution < 1.29 is 4.74 Å². The van der Waals surface area contributed by atoms with Crippen LogP contribution in [0.2, 0.25) is 0 Å². The molecule has 0 atom stereocenters. The fourth-order valence-electron chi connectivity index (χ4n) is 3.42. The van der Waals surface area contributed by atoms with Crippen molar-refractivity contribution in [1.29, 1.82) is 0 Å². The zero-order chi connectivity index (χ0) is 19.1. The molecule has 0 aliphatic carbocycles. The van der Waals surface area contributed by atoms with E-state index in [1.165, 1.54) is 16.8 Å². The van der Waals surface area contributed by atoms with Crippen LogP contribution in [0.1, 0.15) is 30.8 Å². The Morgan fingerprint density at radius 3 is 2.37 bits per heavy atom. The van der Waals surface area contributed by atoms with Gasteiger partial charge >= 0.3 is 0 Å². The summed E-state index contributed by atoms with van der Waals surface area (Å²) in [7, 11) is 0. The smallest absolute Gasteiger partial charge is 0.136 e. The molecular formula is C21H31N5O. The number of benzene rings is 1. The van der Waals surface area contributed by atoms with Crippen LogP contribution < -0.4 is 10.6 Å². The Bertz CT molecular complexity index is 721. The first-order chi connectivity index (χ1) is 13.2. The number of nitrogens with zero attached hydrogens (tertiary/aromatic N) is 3. The lowest BCUT2D eigenvalue weighted by Gasteiger charge is -2.26. The second kappa shape index (κ2) is 9.67. The van der Waals surface area contributed by atoms with Crippen LogP contribution in [0.4, 0.5) is 17.3 Å². The molecule has 0 unspecified atom stereocenters. The fourth-order valence-corrected chi connectivity index (χ4v) is 3.42. The molecule has 0 saturated carbocycles. The van der Waals surface area contributed by atoms with Crippen LogP contribution in [0.5, 0.6) is 0 Å². The van der Waals surface area contributed by atoms with E-state index in [4.69, 9.17) is 4.74 Å². The van der Waals surface area contributed by atoms with Crippen molar-refractivity contribution in [3.8, 4) is 0 Å². The molecule has 1 aromatic heterocycles. The normalized spacial score (nSPS) is 14.9. The fraction of sp³-hybridized carbons (Fsp3) is 0.524. The largest absolute Gasteiger partial charge is 0.379 e. The highest BCUT2D eigenvalue weighted by molar-refractivity contribution is 5.66. The lowest BCUT2D eigenvalue weighted by molar-refractivity contribution is 0.0398. The summed E-state index contributed by atoms with van der Waals surface area (Å²) in [6.45, 7) is 11.8. The molecule has 0 bridgehead atoms. The average molecular weight is 370 g/mol. The minimum Gasteiger partial charge on any atom is -0.379 e.